The summed E-state index contributed by atoms with van der Waals surface area (Å²) in [6.45, 7) is 19.5. The molecule has 1 saturated heterocycles. The Balaban J connectivity index is 0.00000485. The first-order valence-electron chi connectivity index (χ1n) is 23.1. The van der Waals surface area contributed by atoms with Crippen LogP contribution in [0.2, 0.25) is 0 Å². The van der Waals surface area contributed by atoms with Gasteiger partial charge in [-0.1, -0.05) is 102 Å². The summed E-state index contributed by atoms with van der Waals surface area (Å²) in [5, 5.41) is 25.2. The number of carbonyl (C=O) groups excluding carboxylic acids is 5. The molecule has 2 aromatic rings. The highest BCUT2D eigenvalue weighted by Crippen LogP contribution is 2.40. The Morgan fingerprint density at radius 1 is 0.970 bits per heavy atom. The van der Waals surface area contributed by atoms with Crippen molar-refractivity contribution in [1.82, 2.24) is 40.1 Å². The molecule has 0 bridgehead atoms. The third kappa shape index (κ3) is 17.0. The van der Waals surface area contributed by atoms with Gasteiger partial charge in [-0.05, 0) is 61.8 Å². The molecular formula is C47H80N8O9S2. The maximum Gasteiger partial charge on any atom is 0.410 e. The minimum absolute atomic E-state index is 0.0279. The summed E-state index contributed by atoms with van der Waals surface area (Å²) >= 11 is 0. The summed E-state index contributed by atoms with van der Waals surface area (Å²) in [6, 6.07) is 6.74. The molecule has 66 heavy (non-hydrogen) atoms. The minimum Gasteiger partial charge on any atom is -0.448 e. The van der Waals surface area contributed by atoms with Crippen molar-refractivity contribution in [3.05, 3.63) is 42.2 Å². The number of benzene rings is 1. The van der Waals surface area contributed by atoms with Crippen LogP contribution in [0.1, 0.15) is 113 Å². The lowest BCUT2D eigenvalue weighted by molar-refractivity contribution is -0.146. The van der Waals surface area contributed by atoms with Gasteiger partial charge in [0.05, 0.1) is 60.1 Å². The van der Waals surface area contributed by atoms with E-state index >= 15 is 0 Å². The standard InChI is InChI=1S/C44H72N8O9S2.C3H8/c1-14-28(4)37(50(10)35(54)24-45-41(57)36(27(2)3)51(11)43(58)61-25-44(7,8)63-62-42-48-46-26-49(42)9)33(59-12)23-34(53)52-22-18-21-32(52)39(60-13)29(5)40(56)47-30(6)38(55)31-19-16-15-17-20-31;1-3-2/h15-17,19-20,26-30,32-33,36-39,55H,14,18,21-25H2,1-13H3,(H,45,57)(H,47,56);3H2,1-2H3. The third-order valence-corrected chi connectivity index (χ3v) is 15.1. The van der Waals surface area contributed by atoms with E-state index in [9.17, 15) is 29.1 Å². The predicted molar refractivity (Wildman–Crippen MR) is 260 cm³/mol. The number of aromatic nitrogens is 3. The van der Waals surface area contributed by atoms with Gasteiger partial charge in [0.25, 0.3) is 0 Å². The zero-order valence-electron chi connectivity index (χ0n) is 42.1. The molecule has 2 heterocycles. The summed E-state index contributed by atoms with van der Waals surface area (Å²) in [5.41, 5.74) is 0.692. The molecule has 5 amide bonds. The van der Waals surface area contributed by atoms with Crippen molar-refractivity contribution in [2.75, 3.05) is 48.0 Å². The van der Waals surface area contributed by atoms with Gasteiger partial charge in [0.2, 0.25) is 28.8 Å². The fourth-order valence-corrected chi connectivity index (χ4v) is 10.1. The quantitative estimate of drug-likeness (QED) is 0.102. The number of carbonyl (C=O) groups is 5. The van der Waals surface area contributed by atoms with E-state index in [1.165, 1.54) is 59.1 Å². The van der Waals surface area contributed by atoms with Gasteiger partial charge in [0.1, 0.15) is 19.0 Å². The number of amides is 5. The number of hydrogen-bond acceptors (Lipinski definition) is 13. The second kappa shape index (κ2) is 28.4. The van der Waals surface area contributed by atoms with Gasteiger partial charge in [0.15, 0.2) is 0 Å². The van der Waals surface area contributed by atoms with Crippen LogP contribution in [-0.2, 0) is 40.4 Å². The van der Waals surface area contributed by atoms with Gasteiger partial charge in [-0.3, -0.25) is 24.1 Å². The van der Waals surface area contributed by atoms with Crippen LogP contribution < -0.4 is 10.6 Å². The van der Waals surface area contributed by atoms with Crippen molar-refractivity contribution in [2.24, 2.45) is 24.8 Å². The van der Waals surface area contributed by atoms with Crippen LogP contribution in [0.5, 0.6) is 0 Å². The molecule has 3 rings (SSSR count). The zero-order chi connectivity index (χ0) is 49.9. The maximum atomic E-state index is 14.2. The van der Waals surface area contributed by atoms with Gasteiger partial charge in [0, 0.05) is 41.9 Å². The molecule has 0 radical (unpaired) electrons. The van der Waals surface area contributed by atoms with E-state index in [1.54, 1.807) is 48.8 Å². The molecule has 374 valence electrons. The van der Waals surface area contributed by atoms with E-state index in [0.717, 1.165) is 6.42 Å². The molecule has 1 aliphatic rings. The molecule has 1 aliphatic heterocycles. The fraction of sp³-hybridized carbons (Fsp3) is 0.723. The number of nitrogens with one attached hydrogen (secondary N) is 2. The Morgan fingerprint density at radius 2 is 1.61 bits per heavy atom. The van der Waals surface area contributed by atoms with Crippen LogP contribution >= 0.6 is 21.6 Å². The van der Waals surface area contributed by atoms with Crippen molar-refractivity contribution in [2.45, 2.75) is 154 Å². The maximum absolute atomic E-state index is 14.2. The summed E-state index contributed by atoms with van der Waals surface area (Å²) < 4.78 is 18.8. The van der Waals surface area contributed by atoms with Crippen LogP contribution in [0.25, 0.3) is 0 Å². The van der Waals surface area contributed by atoms with Crippen molar-refractivity contribution < 1.29 is 43.3 Å². The average Bonchev–Trinajstić information content (AvgIpc) is 3.95. The van der Waals surface area contributed by atoms with Crippen molar-refractivity contribution >= 4 is 51.3 Å². The number of aliphatic hydroxyl groups excluding tert-OH is 1. The molecule has 1 fully saturated rings. The summed E-state index contributed by atoms with van der Waals surface area (Å²) in [5.74, 6) is -2.40. The number of hydrogen-bond donors (Lipinski definition) is 3. The van der Waals surface area contributed by atoms with Gasteiger partial charge in [-0.25, -0.2) is 4.79 Å². The first-order chi connectivity index (χ1) is 31.1. The molecule has 0 saturated carbocycles. The monoisotopic (exact) mass is 965 g/mol. The Morgan fingerprint density at radius 3 is 2.15 bits per heavy atom. The number of aliphatic hydroxyl groups is 1. The van der Waals surface area contributed by atoms with E-state index in [0.29, 0.717) is 30.1 Å². The minimum atomic E-state index is -0.920. The zero-order valence-corrected chi connectivity index (χ0v) is 43.7. The third-order valence-electron chi connectivity index (χ3n) is 11.9. The molecule has 9 atom stereocenters. The van der Waals surface area contributed by atoms with E-state index in [-0.39, 0.29) is 55.2 Å². The molecular weight excluding hydrogens is 885 g/mol. The molecule has 17 nitrogen and oxygen atoms in total. The number of methoxy groups -OCH3 is 2. The summed E-state index contributed by atoms with van der Waals surface area (Å²) in [6.07, 6.45) is 2.00. The Bertz CT molecular complexity index is 1800. The SMILES string of the molecule is CCC.CCC(C)C(C(CC(=O)N1CCCC1C(OC)C(C)C(=O)NC(C)C(O)c1ccccc1)OC)N(C)C(=O)CNC(=O)C(C(C)C)N(C)C(=O)OCC(C)(C)SSc1nncn1C. The number of ether oxygens (including phenoxy) is 3. The van der Waals surface area contributed by atoms with Crippen LogP contribution in [0.4, 0.5) is 4.79 Å². The molecule has 1 aromatic heterocycles. The predicted octanol–water partition coefficient (Wildman–Crippen LogP) is 6.12. The number of nitrogens with zero attached hydrogens (tertiary/aromatic N) is 6. The number of rotatable bonds is 24. The van der Waals surface area contributed by atoms with Crippen molar-refractivity contribution in [3.8, 4) is 0 Å². The van der Waals surface area contributed by atoms with Gasteiger partial charge >= 0.3 is 6.09 Å². The molecule has 3 N–H and O–H groups in total. The lowest BCUT2D eigenvalue weighted by Crippen LogP contribution is -2.56. The highest BCUT2D eigenvalue weighted by molar-refractivity contribution is 8.77. The molecule has 0 aliphatic carbocycles. The van der Waals surface area contributed by atoms with Gasteiger partial charge in [-0.2, -0.15) is 0 Å². The van der Waals surface area contributed by atoms with Crippen molar-refractivity contribution in [1.29, 1.82) is 0 Å². The van der Waals surface area contributed by atoms with Crippen LogP contribution in [0.15, 0.2) is 41.8 Å². The van der Waals surface area contributed by atoms with Crippen LogP contribution in [0, 0.1) is 17.8 Å². The van der Waals surface area contributed by atoms with E-state index in [4.69, 9.17) is 14.2 Å². The topological polar surface area (TPSA) is 198 Å². The number of likely N-dealkylation sites (N-methyl/N-ethyl adjacent to an activating group) is 2. The lowest BCUT2D eigenvalue weighted by Gasteiger charge is -2.39. The molecule has 0 spiro atoms. The highest BCUT2D eigenvalue weighted by Gasteiger charge is 2.42. The number of likely N-dealkylation sites (tertiary alicyclic amines) is 1. The van der Waals surface area contributed by atoms with Gasteiger partial charge < -0.3 is 44.3 Å². The average molecular weight is 965 g/mol. The van der Waals surface area contributed by atoms with E-state index < -0.39 is 59.1 Å². The van der Waals surface area contributed by atoms with Crippen molar-refractivity contribution in [3.63, 3.8) is 0 Å². The van der Waals surface area contributed by atoms with E-state index in [1.807, 2.05) is 66.8 Å². The first kappa shape index (κ1) is 58.2. The van der Waals surface area contributed by atoms with Gasteiger partial charge in [-0.15, -0.1) is 10.2 Å². The Hall–Kier alpha value is -3.91. The van der Waals surface area contributed by atoms with E-state index in [2.05, 4.69) is 34.7 Å². The largest absolute Gasteiger partial charge is 0.448 e. The van der Waals surface area contributed by atoms with Crippen LogP contribution in [-0.4, -0.2) is 153 Å². The molecule has 9 unspecified atom stereocenters. The second-order valence-electron chi connectivity index (χ2n) is 18.2. The molecule has 19 heteroatoms. The second-order valence-corrected chi connectivity index (χ2v) is 21.0. The Kier molecular flexibility index (Phi) is 25.1. The fourth-order valence-electron chi connectivity index (χ4n) is 7.99. The lowest BCUT2D eigenvalue weighted by atomic mass is 9.90. The van der Waals surface area contributed by atoms with Crippen LogP contribution in [0.3, 0.4) is 0 Å². The first-order valence-corrected chi connectivity index (χ1v) is 25.3. The highest BCUT2D eigenvalue weighted by atomic mass is 33.1. The Labute approximate surface area is 402 Å². The number of aryl methyl sites for hydroxylation is 1. The smallest absolute Gasteiger partial charge is 0.410 e. The normalized spacial score (nSPS) is 17.5. The summed E-state index contributed by atoms with van der Waals surface area (Å²) in [7, 11) is 10.9. The molecule has 1 aromatic carbocycles. The summed E-state index contributed by atoms with van der Waals surface area (Å²) in [4.78, 5) is 72.9.